The van der Waals surface area contributed by atoms with Gasteiger partial charge in [-0.2, -0.15) is 0 Å². The smallest absolute Gasteiger partial charge is 0.372 e. The molecular weight excluding hydrogens is 210 g/mol. The highest BCUT2D eigenvalue weighted by Crippen LogP contribution is 2.10. The number of aliphatic hydroxyl groups is 1. The van der Waals surface area contributed by atoms with Gasteiger partial charge >= 0.3 is 5.97 Å². The molecule has 0 radical (unpaired) electrons. The Hall–Kier alpha value is -1.33. The summed E-state index contributed by atoms with van der Waals surface area (Å²) in [5, 5.41) is 21.1. The van der Waals surface area contributed by atoms with E-state index < -0.39 is 5.97 Å². The molecule has 1 rings (SSSR count). The third-order valence-corrected chi connectivity index (χ3v) is 2.28. The third-order valence-electron chi connectivity index (χ3n) is 2.28. The maximum absolute atomic E-state index is 10.7. The van der Waals surface area contributed by atoms with Crippen molar-refractivity contribution in [2.45, 2.75) is 39.0 Å². The molecule has 0 fully saturated rings. The molecule has 2 unspecified atom stereocenters. The molecule has 0 aliphatic heterocycles. The van der Waals surface area contributed by atoms with Crippen LogP contribution in [-0.2, 0) is 6.54 Å². The summed E-state index contributed by atoms with van der Waals surface area (Å²) in [6, 6.07) is 1.75. The standard InChI is InChI=1S/C11H17NO4/c1-7(5-8(2)13)12-6-9-3-4-16-10(9)11(14)15/h3-4,7-8,12-13H,5-6H2,1-2H3,(H,14,15). The Morgan fingerprint density at radius 3 is 2.81 bits per heavy atom. The van der Waals surface area contributed by atoms with E-state index in [1.165, 1.54) is 6.26 Å². The largest absolute Gasteiger partial charge is 0.475 e. The maximum Gasteiger partial charge on any atom is 0.372 e. The molecule has 0 amide bonds. The minimum atomic E-state index is -1.06. The summed E-state index contributed by atoms with van der Waals surface area (Å²) in [6.45, 7) is 4.08. The summed E-state index contributed by atoms with van der Waals surface area (Å²) < 4.78 is 4.85. The summed E-state index contributed by atoms with van der Waals surface area (Å²) in [4.78, 5) is 10.7. The third kappa shape index (κ3) is 3.67. The highest BCUT2D eigenvalue weighted by molar-refractivity contribution is 5.86. The zero-order valence-corrected chi connectivity index (χ0v) is 9.43. The van der Waals surface area contributed by atoms with Gasteiger partial charge in [0.1, 0.15) is 0 Å². The lowest BCUT2D eigenvalue weighted by molar-refractivity contribution is 0.0660. The van der Waals surface area contributed by atoms with Crippen molar-refractivity contribution in [1.82, 2.24) is 5.32 Å². The van der Waals surface area contributed by atoms with E-state index in [4.69, 9.17) is 9.52 Å². The van der Waals surface area contributed by atoms with Crippen molar-refractivity contribution in [2.24, 2.45) is 0 Å². The summed E-state index contributed by atoms with van der Waals surface area (Å²) in [5.74, 6) is -1.10. The van der Waals surface area contributed by atoms with Gasteiger partial charge in [-0.3, -0.25) is 0 Å². The van der Waals surface area contributed by atoms with Crippen LogP contribution in [0.15, 0.2) is 16.7 Å². The van der Waals surface area contributed by atoms with Gasteiger partial charge in [0.25, 0.3) is 0 Å². The van der Waals surface area contributed by atoms with E-state index in [1.54, 1.807) is 13.0 Å². The monoisotopic (exact) mass is 227 g/mol. The Bertz CT molecular complexity index is 346. The topological polar surface area (TPSA) is 82.7 Å². The van der Waals surface area contributed by atoms with Crippen LogP contribution in [0.1, 0.15) is 36.4 Å². The molecule has 5 heteroatoms. The predicted octanol–water partition coefficient (Wildman–Crippen LogP) is 1.23. The first-order valence-corrected chi connectivity index (χ1v) is 5.21. The lowest BCUT2D eigenvalue weighted by atomic mass is 10.1. The van der Waals surface area contributed by atoms with Gasteiger partial charge in [0, 0.05) is 18.2 Å². The average molecular weight is 227 g/mol. The number of aromatic carboxylic acids is 1. The van der Waals surface area contributed by atoms with Crippen molar-refractivity contribution in [3.63, 3.8) is 0 Å². The minimum Gasteiger partial charge on any atom is -0.475 e. The summed E-state index contributed by atoms with van der Waals surface area (Å²) in [5.41, 5.74) is 0.616. The first kappa shape index (κ1) is 12.7. The maximum atomic E-state index is 10.7. The van der Waals surface area contributed by atoms with Gasteiger partial charge in [0.05, 0.1) is 12.4 Å². The first-order chi connectivity index (χ1) is 7.50. The highest BCUT2D eigenvalue weighted by Gasteiger charge is 2.14. The molecule has 5 nitrogen and oxygen atoms in total. The van der Waals surface area contributed by atoms with Gasteiger partial charge in [-0.05, 0) is 26.3 Å². The molecule has 16 heavy (non-hydrogen) atoms. The quantitative estimate of drug-likeness (QED) is 0.680. The molecule has 0 aliphatic rings. The number of hydrogen-bond donors (Lipinski definition) is 3. The SMILES string of the molecule is CC(O)CC(C)NCc1ccoc1C(=O)O. The van der Waals surface area contributed by atoms with E-state index in [-0.39, 0.29) is 17.9 Å². The number of carboxylic acid groups (broad SMARTS) is 1. The number of hydrogen-bond acceptors (Lipinski definition) is 4. The molecular formula is C11H17NO4. The van der Waals surface area contributed by atoms with Crippen LogP contribution in [0, 0.1) is 0 Å². The lowest BCUT2D eigenvalue weighted by Crippen LogP contribution is -2.29. The van der Waals surface area contributed by atoms with E-state index in [0.717, 1.165) is 0 Å². The zero-order valence-electron chi connectivity index (χ0n) is 9.43. The van der Waals surface area contributed by atoms with Crippen molar-refractivity contribution in [1.29, 1.82) is 0 Å². The molecule has 90 valence electrons. The fourth-order valence-corrected chi connectivity index (χ4v) is 1.54. The number of aliphatic hydroxyl groups excluding tert-OH is 1. The van der Waals surface area contributed by atoms with E-state index in [9.17, 15) is 9.90 Å². The molecule has 1 aromatic heterocycles. The molecule has 0 saturated carbocycles. The molecule has 1 aromatic rings. The van der Waals surface area contributed by atoms with Crippen molar-refractivity contribution in [2.75, 3.05) is 0 Å². The second-order valence-corrected chi connectivity index (χ2v) is 3.95. The Kier molecular flexibility index (Phi) is 4.52. The predicted molar refractivity (Wildman–Crippen MR) is 58.3 cm³/mol. The van der Waals surface area contributed by atoms with Gasteiger partial charge in [-0.25, -0.2) is 4.79 Å². The van der Waals surface area contributed by atoms with E-state index >= 15 is 0 Å². The van der Waals surface area contributed by atoms with Crippen LogP contribution in [0.4, 0.5) is 0 Å². The van der Waals surface area contributed by atoms with Crippen LogP contribution >= 0.6 is 0 Å². The summed E-state index contributed by atoms with van der Waals surface area (Å²) in [7, 11) is 0. The fraction of sp³-hybridized carbons (Fsp3) is 0.545. The normalized spacial score (nSPS) is 14.7. The van der Waals surface area contributed by atoms with Gasteiger partial charge in [0.2, 0.25) is 5.76 Å². The second-order valence-electron chi connectivity index (χ2n) is 3.95. The van der Waals surface area contributed by atoms with Crippen molar-refractivity contribution in [3.8, 4) is 0 Å². The van der Waals surface area contributed by atoms with Crippen LogP contribution in [0.5, 0.6) is 0 Å². The molecule has 0 aliphatic carbocycles. The fourth-order valence-electron chi connectivity index (χ4n) is 1.54. The lowest BCUT2D eigenvalue weighted by Gasteiger charge is -2.14. The number of furan rings is 1. The number of rotatable bonds is 6. The Morgan fingerprint density at radius 1 is 1.56 bits per heavy atom. The molecule has 2 atom stereocenters. The van der Waals surface area contributed by atoms with Crippen LogP contribution in [0.3, 0.4) is 0 Å². The average Bonchev–Trinajstić information content (AvgIpc) is 2.61. The highest BCUT2D eigenvalue weighted by atomic mass is 16.4. The van der Waals surface area contributed by atoms with Crippen LogP contribution < -0.4 is 5.32 Å². The molecule has 0 spiro atoms. The summed E-state index contributed by atoms with van der Waals surface area (Å²) in [6.07, 6.45) is 1.62. The van der Waals surface area contributed by atoms with Crippen LogP contribution in [-0.4, -0.2) is 28.3 Å². The molecule has 0 aromatic carbocycles. The Morgan fingerprint density at radius 2 is 2.25 bits per heavy atom. The minimum absolute atomic E-state index is 0.0308. The van der Waals surface area contributed by atoms with Gasteiger partial charge in [-0.1, -0.05) is 0 Å². The second kappa shape index (κ2) is 5.67. The van der Waals surface area contributed by atoms with Gasteiger partial charge in [-0.15, -0.1) is 0 Å². The molecule has 3 N–H and O–H groups in total. The Balaban J connectivity index is 2.48. The van der Waals surface area contributed by atoms with Crippen LogP contribution in [0.2, 0.25) is 0 Å². The number of nitrogens with one attached hydrogen (secondary N) is 1. The van der Waals surface area contributed by atoms with E-state index in [1.807, 2.05) is 6.92 Å². The van der Waals surface area contributed by atoms with Gasteiger partial charge in [0.15, 0.2) is 0 Å². The molecule has 1 heterocycles. The summed E-state index contributed by atoms with van der Waals surface area (Å²) >= 11 is 0. The van der Waals surface area contributed by atoms with Gasteiger partial charge < -0.3 is 19.9 Å². The molecule has 0 bridgehead atoms. The van der Waals surface area contributed by atoms with Crippen molar-refractivity contribution >= 4 is 5.97 Å². The van der Waals surface area contributed by atoms with Crippen molar-refractivity contribution < 1.29 is 19.4 Å². The number of carboxylic acids is 1. The van der Waals surface area contributed by atoms with Crippen molar-refractivity contribution in [3.05, 3.63) is 23.7 Å². The zero-order chi connectivity index (χ0) is 12.1. The Labute approximate surface area is 94.1 Å². The van der Waals surface area contributed by atoms with E-state index in [0.29, 0.717) is 18.5 Å². The molecule has 0 saturated heterocycles. The van der Waals surface area contributed by atoms with Crippen LogP contribution in [0.25, 0.3) is 0 Å². The van der Waals surface area contributed by atoms with E-state index in [2.05, 4.69) is 5.32 Å². The number of carbonyl (C=O) groups is 1. The first-order valence-electron chi connectivity index (χ1n) is 5.21.